The number of amides is 2. The minimum absolute atomic E-state index is 0.220. The molecular formula is C17H24FN3O2. The van der Waals surface area contributed by atoms with Crippen LogP contribution in [0.15, 0.2) is 24.4 Å². The van der Waals surface area contributed by atoms with E-state index >= 15 is 0 Å². The topological polar surface area (TPSA) is 77.2 Å². The van der Waals surface area contributed by atoms with E-state index in [-0.39, 0.29) is 23.9 Å². The second-order valence-corrected chi connectivity index (χ2v) is 6.08. The van der Waals surface area contributed by atoms with E-state index in [9.17, 15) is 14.3 Å². The number of carbonyl (C=O) groups excluding carboxylic acids is 1. The van der Waals surface area contributed by atoms with Gasteiger partial charge in [-0.3, -0.25) is 0 Å². The van der Waals surface area contributed by atoms with E-state index in [0.29, 0.717) is 25.9 Å². The van der Waals surface area contributed by atoms with Crippen LogP contribution >= 0.6 is 0 Å². The van der Waals surface area contributed by atoms with Crippen molar-refractivity contribution in [2.24, 2.45) is 5.92 Å². The standard InChI is InChI=1S/C17H24FN3O2/c1-11(7-12(2)22)9-21-17(23)19-6-5-13-10-20-16-4-3-14(18)8-15(13)16/h3-4,8,10-12,20,22H,5-7,9H2,1-2H3,(H2,19,21,23). The summed E-state index contributed by atoms with van der Waals surface area (Å²) < 4.78 is 13.3. The maximum absolute atomic E-state index is 13.3. The molecule has 0 aliphatic heterocycles. The molecule has 2 atom stereocenters. The Bertz CT molecular complexity index is 654. The number of H-pyrrole nitrogens is 1. The first-order valence-electron chi connectivity index (χ1n) is 7.91. The zero-order valence-electron chi connectivity index (χ0n) is 13.5. The number of rotatable bonds is 7. The summed E-state index contributed by atoms with van der Waals surface area (Å²) in [6, 6.07) is 4.40. The van der Waals surface area contributed by atoms with Gasteiger partial charge < -0.3 is 20.7 Å². The van der Waals surface area contributed by atoms with Gasteiger partial charge in [-0.15, -0.1) is 0 Å². The highest BCUT2D eigenvalue weighted by atomic mass is 19.1. The van der Waals surface area contributed by atoms with Crippen LogP contribution in [0.4, 0.5) is 9.18 Å². The van der Waals surface area contributed by atoms with Gasteiger partial charge in [0, 0.05) is 30.2 Å². The van der Waals surface area contributed by atoms with Gasteiger partial charge >= 0.3 is 6.03 Å². The fourth-order valence-corrected chi connectivity index (χ4v) is 2.66. The number of hydrogen-bond acceptors (Lipinski definition) is 2. The molecule has 1 heterocycles. The van der Waals surface area contributed by atoms with Crippen LogP contribution < -0.4 is 10.6 Å². The molecule has 0 aliphatic rings. The summed E-state index contributed by atoms with van der Waals surface area (Å²) in [6.45, 7) is 4.71. The third kappa shape index (κ3) is 5.25. The van der Waals surface area contributed by atoms with Crippen LogP contribution in [0, 0.1) is 11.7 Å². The van der Waals surface area contributed by atoms with Crippen LogP contribution in [-0.4, -0.2) is 35.3 Å². The molecule has 0 radical (unpaired) electrons. The molecular weight excluding hydrogens is 297 g/mol. The summed E-state index contributed by atoms with van der Waals surface area (Å²) in [5, 5.41) is 15.7. The zero-order chi connectivity index (χ0) is 16.8. The molecule has 2 aromatic rings. The number of carbonyl (C=O) groups is 1. The lowest BCUT2D eigenvalue weighted by Crippen LogP contribution is -2.39. The Hall–Kier alpha value is -2.08. The van der Waals surface area contributed by atoms with Gasteiger partial charge in [0.2, 0.25) is 0 Å². The molecule has 0 fully saturated rings. The van der Waals surface area contributed by atoms with E-state index in [2.05, 4.69) is 15.6 Å². The molecule has 2 unspecified atom stereocenters. The molecule has 1 aromatic heterocycles. The Morgan fingerprint density at radius 2 is 2.13 bits per heavy atom. The quantitative estimate of drug-likeness (QED) is 0.632. The third-order valence-electron chi connectivity index (χ3n) is 3.76. The molecule has 2 amide bonds. The Morgan fingerprint density at radius 1 is 1.35 bits per heavy atom. The first-order valence-corrected chi connectivity index (χ1v) is 7.91. The van der Waals surface area contributed by atoms with Crippen LogP contribution in [0.25, 0.3) is 10.9 Å². The molecule has 0 saturated carbocycles. The second kappa shape index (κ2) is 7.97. The Morgan fingerprint density at radius 3 is 2.87 bits per heavy atom. The summed E-state index contributed by atoms with van der Waals surface area (Å²) in [4.78, 5) is 14.8. The predicted molar refractivity (Wildman–Crippen MR) is 88.8 cm³/mol. The molecule has 5 nitrogen and oxygen atoms in total. The first-order chi connectivity index (χ1) is 11.0. The van der Waals surface area contributed by atoms with Crippen molar-refractivity contribution in [3.63, 3.8) is 0 Å². The van der Waals surface area contributed by atoms with E-state index < -0.39 is 0 Å². The molecule has 0 bridgehead atoms. The van der Waals surface area contributed by atoms with E-state index in [1.165, 1.54) is 12.1 Å². The summed E-state index contributed by atoms with van der Waals surface area (Å²) >= 11 is 0. The van der Waals surface area contributed by atoms with Gasteiger partial charge in [-0.2, -0.15) is 0 Å². The van der Waals surface area contributed by atoms with Gasteiger partial charge in [0.1, 0.15) is 5.82 Å². The van der Waals surface area contributed by atoms with Crippen LogP contribution in [0.2, 0.25) is 0 Å². The summed E-state index contributed by atoms with van der Waals surface area (Å²) in [7, 11) is 0. The van der Waals surface area contributed by atoms with Gasteiger partial charge in [-0.1, -0.05) is 6.92 Å². The highest BCUT2D eigenvalue weighted by molar-refractivity contribution is 5.83. The molecule has 126 valence electrons. The molecule has 6 heteroatoms. The van der Waals surface area contributed by atoms with Gasteiger partial charge in [-0.05, 0) is 49.4 Å². The number of aliphatic hydroxyl groups is 1. The molecule has 0 saturated heterocycles. The van der Waals surface area contributed by atoms with Crippen LogP contribution in [-0.2, 0) is 6.42 Å². The minimum atomic E-state index is -0.364. The van der Waals surface area contributed by atoms with E-state index in [0.717, 1.165) is 16.5 Å². The van der Waals surface area contributed by atoms with Crippen molar-refractivity contribution in [1.29, 1.82) is 0 Å². The average Bonchev–Trinajstić information content (AvgIpc) is 2.87. The van der Waals surface area contributed by atoms with Crippen molar-refractivity contribution in [1.82, 2.24) is 15.6 Å². The van der Waals surface area contributed by atoms with Gasteiger partial charge in [0.15, 0.2) is 0 Å². The molecule has 2 rings (SSSR count). The number of hydrogen-bond donors (Lipinski definition) is 4. The van der Waals surface area contributed by atoms with E-state index in [1.807, 2.05) is 13.1 Å². The highest BCUT2D eigenvalue weighted by Gasteiger charge is 2.09. The number of halogens is 1. The summed E-state index contributed by atoms with van der Waals surface area (Å²) in [5.74, 6) is -0.0477. The van der Waals surface area contributed by atoms with Crippen molar-refractivity contribution in [3.8, 4) is 0 Å². The average molecular weight is 321 g/mol. The molecule has 0 spiro atoms. The monoisotopic (exact) mass is 321 g/mol. The summed E-state index contributed by atoms with van der Waals surface area (Å²) in [6.07, 6.45) is 2.76. The van der Waals surface area contributed by atoms with Crippen molar-refractivity contribution in [2.75, 3.05) is 13.1 Å². The molecule has 1 aromatic carbocycles. The fourth-order valence-electron chi connectivity index (χ4n) is 2.66. The van der Waals surface area contributed by atoms with Crippen molar-refractivity contribution < 1.29 is 14.3 Å². The third-order valence-corrected chi connectivity index (χ3v) is 3.76. The van der Waals surface area contributed by atoms with Gasteiger partial charge in [-0.25, -0.2) is 9.18 Å². The Kier molecular flexibility index (Phi) is 5.98. The van der Waals surface area contributed by atoms with Gasteiger partial charge in [0.25, 0.3) is 0 Å². The molecule has 4 N–H and O–H groups in total. The minimum Gasteiger partial charge on any atom is -0.393 e. The van der Waals surface area contributed by atoms with Crippen molar-refractivity contribution >= 4 is 16.9 Å². The Labute approximate surface area is 135 Å². The maximum Gasteiger partial charge on any atom is 0.314 e. The second-order valence-electron chi connectivity index (χ2n) is 6.08. The van der Waals surface area contributed by atoms with Crippen LogP contribution in [0.5, 0.6) is 0 Å². The SMILES string of the molecule is CC(O)CC(C)CNC(=O)NCCc1c[nH]c2ccc(F)cc12. The first kappa shape index (κ1) is 17.3. The van der Waals surface area contributed by atoms with Crippen molar-refractivity contribution in [3.05, 3.63) is 35.8 Å². The van der Waals surface area contributed by atoms with E-state index in [1.54, 1.807) is 13.0 Å². The smallest absolute Gasteiger partial charge is 0.314 e. The molecule has 0 aliphatic carbocycles. The number of fused-ring (bicyclic) bond motifs is 1. The number of aromatic amines is 1. The lowest BCUT2D eigenvalue weighted by Gasteiger charge is -2.14. The Balaban J connectivity index is 1.75. The lowest BCUT2D eigenvalue weighted by atomic mass is 10.1. The lowest BCUT2D eigenvalue weighted by molar-refractivity contribution is 0.163. The van der Waals surface area contributed by atoms with Crippen molar-refractivity contribution in [2.45, 2.75) is 32.8 Å². The number of aliphatic hydroxyl groups excluding tert-OH is 1. The highest BCUT2D eigenvalue weighted by Crippen LogP contribution is 2.19. The molecule has 23 heavy (non-hydrogen) atoms. The largest absolute Gasteiger partial charge is 0.393 e. The number of nitrogens with one attached hydrogen (secondary N) is 3. The number of urea groups is 1. The predicted octanol–water partition coefficient (Wildman–Crippen LogP) is 2.56. The normalized spacial score (nSPS) is 13.7. The van der Waals surface area contributed by atoms with E-state index in [4.69, 9.17) is 0 Å². The maximum atomic E-state index is 13.3. The zero-order valence-corrected chi connectivity index (χ0v) is 13.5. The van der Waals surface area contributed by atoms with Crippen LogP contribution in [0.3, 0.4) is 0 Å². The number of aromatic nitrogens is 1. The number of benzene rings is 1. The van der Waals surface area contributed by atoms with Gasteiger partial charge in [0.05, 0.1) is 6.10 Å². The fraction of sp³-hybridized carbons (Fsp3) is 0.471. The van der Waals surface area contributed by atoms with Crippen LogP contribution in [0.1, 0.15) is 25.8 Å². The summed E-state index contributed by atoms with van der Waals surface area (Å²) in [5.41, 5.74) is 1.86.